The second-order valence-corrected chi connectivity index (χ2v) is 14.0. The molecule has 0 aliphatic heterocycles. The average Bonchev–Trinajstić information content (AvgIpc) is 3.03. The Hall–Kier alpha value is -1.90. The van der Waals surface area contributed by atoms with Crippen molar-refractivity contribution < 1.29 is 39.6 Å². The van der Waals surface area contributed by atoms with Crippen LogP contribution in [0.2, 0.25) is 0 Å². The van der Waals surface area contributed by atoms with Crippen LogP contribution in [0.25, 0.3) is 0 Å². The van der Waals surface area contributed by atoms with E-state index in [1.54, 1.807) is 13.8 Å². The maximum Gasteiger partial charge on any atom is 0.306 e. The minimum atomic E-state index is -1.49. The van der Waals surface area contributed by atoms with Gasteiger partial charge in [0.2, 0.25) is 0 Å². The molecule has 4 aliphatic carbocycles. The maximum atomic E-state index is 14.1. The smallest absolute Gasteiger partial charge is 0.306 e. The molecule has 10 atom stereocenters. The van der Waals surface area contributed by atoms with Crippen molar-refractivity contribution in [2.75, 3.05) is 0 Å². The van der Waals surface area contributed by atoms with Crippen molar-refractivity contribution in [3.05, 3.63) is 11.1 Å². The minimum Gasteiger partial charge on any atom is -0.481 e. The molecule has 4 rings (SSSR count). The first-order valence-corrected chi connectivity index (χ1v) is 14.0. The lowest BCUT2D eigenvalue weighted by Gasteiger charge is -2.62. The van der Waals surface area contributed by atoms with Gasteiger partial charge in [-0.3, -0.25) is 19.2 Å². The van der Waals surface area contributed by atoms with Gasteiger partial charge in [-0.25, -0.2) is 0 Å². The third-order valence-corrected chi connectivity index (χ3v) is 11.7. The number of fused-ring (bicyclic) bond motifs is 4. The lowest BCUT2D eigenvalue weighted by atomic mass is 9.42. The van der Waals surface area contributed by atoms with Crippen molar-refractivity contribution in [1.29, 1.82) is 0 Å². The normalized spacial score (nSPS) is 43.7. The molecule has 2 fully saturated rings. The molecule has 0 aromatic rings. The standard InChI is InChI=1S/C30H44O8/c1-14(10-16(31)11-15(2)26(37)38)17-12-21(34)30(7)22-18(32)13-19-27(3,4)20(33)8-9-28(19,5)23(22)24(35)25(36)29(17,30)6/h14-15,17-20,25,32-33,36H,8-13H2,1-7H3,(H,37,38)/t14-,15+,17-,18+,19-,20-,25-,28+,29-,30+/m0/s1. The molecule has 4 aliphatic rings. The molecule has 0 spiro atoms. The van der Waals surface area contributed by atoms with Crippen molar-refractivity contribution in [3.63, 3.8) is 0 Å². The first-order chi connectivity index (χ1) is 17.4. The van der Waals surface area contributed by atoms with Gasteiger partial charge in [0.15, 0.2) is 5.78 Å². The van der Waals surface area contributed by atoms with Crippen LogP contribution in [0, 0.1) is 45.3 Å². The first-order valence-electron chi connectivity index (χ1n) is 14.0. The van der Waals surface area contributed by atoms with Crippen LogP contribution in [-0.2, 0) is 19.2 Å². The topological polar surface area (TPSA) is 149 Å². The summed E-state index contributed by atoms with van der Waals surface area (Å²) in [5.74, 6) is -3.81. The molecule has 8 heteroatoms. The van der Waals surface area contributed by atoms with Gasteiger partial charge in [-0.15, -0.1) is 0 Å². The second-order valence-electron chi connectivity index (χ2n) is 14.0. The molecule has 0 aromatic carbocycles. The number of Topliss-reactive ketones (excluding diaryl/α,β-unsaturated/α-hetero) is 3. The molecular weight excluding hydrogens is 488 g/mol. The predicted octanol–water partition coefficient (Wildman–Crippen LogP) is 3.10. The third kappa shape index (κ3) is 3.66. The number of hydrogen-bond donors (Lipinski definition) is 4. The summed E-state index contributed by atoms with van der Waals surface area (Å²) in [6.45, 7) is 12.7. The van der Waals surface area contributed by atoms with Crippen LogP contribution in [0.4, 0.5) is 0 Å². The number of hydrogen-bond acceptors (Lipinski definition) is 7. The van der Waals surface area contributed by atoms with Crippen LogP contribution < -0.4 is 0 Å². The lowest BCUT2D eigenvalue weighted by molar-refractivity contribution is -0.159. The van der Waals surface area contributed by atoms with Crippen LogP contribution in [0.1, 0.15) is 87.0 Å². The second kappa shape index (κ2) is 9.07. The molecule has 0 amide bonds. The lowest BCUT2D eigenvalue weighted by Crippen LogP contribution is -2.64. The number of carbonyl (C=O) groups excluding carboxylic acids is 3. The molecule has 212 valence electrons. The van der Waals surface area contributed by atoms with Crippen LogP contribution in [-0.4, -0.2) is 62.1 Å². The molecule has 0 bridgehead atoms. The number of carboxylic acids is 1. The van der Waals surface area contributed by atoms with Crippen LogP contribution in [0.5, 0.6) is 0 Å². The predicted molar refractivity (Wildman–Crippen MR) is 139 cm³/mol. The zero-order valence-corrected chi connectivity index (χ0v) is 23.7. The van der Waals surface area contributed by atoms with E-state index >= 15 is 0 Å². The van der Waals surface area contributed by atoms with E-state index in [1.807, 2.05) is 27.7 Å². The van der Waals surface area contributed by atoms with Gasteiger partial charge in [0.05, 0.1) is 23.5 Å². The summed E-state index contributed by atoms with van der Waals surface area (Å²) in [7, 11) is 0. The van der Waals surface area contributed by atoms with E-state index in [2.05, 4.69) is 0 Å². The highest BCUT2D eigenvalue weighted by Gasteiger charge is 2.73. The Morgan fingerprint density at radius 3 is 2.18 bits per heavy atom. The van der Waals surface area contributed by atoms with Gasteiger partial charge < -0.3 is 20.4 Å². The molecule has 0 aromatic heterocycles. The van der Waals surface area contributed by atoms with Crippen molar-refractivity contribution in [3.8, 4) is 0 Å². The molecule has 4 N–H and O–H groups in total. The van der Waals surface area contributed by atoms with E-state index in [0.717, 1.165) is 0 Å². The zero-order chi connectivity index (χ0) is 28.7. The van der Waals surface area contributed by atoms with E-state index in [0.29, 0.717) is 30.4 Å². The summed E-state index contributed by atoms with van der Waals surface area (Å²) in [5.41, 5.74) is -3.00. The van der Waals surface area contributed by atoms with E-state index in [-0.39, 0.29) is 42.7 Å². The molecule has 38 heavy (non-hydrogen) atoms. The van der Waals surface area contributed by atoms with Crippen LogP contribution >= 0.6 is 0 Å². The number of aliphatic carboxylic acids is 1. The summed E-state index contributed by atoms with van der Waals surface area (Å²) in [6, 6.07) is 0. The Labute approximate surface area is 224 Å². The SMILES string of the molecule is C[C@H](CC(=O)C[C@H](C)[C@@H]1CC(=O)[C@]2(C)C3=C(C(=O)[C@H](O)[C@]12C)[C@]1(C)CC[C@H](O)C(C)(C)[C@@H]1C[C@H]3O)C(=O)O. The van der Waals surface area contributed by atoms with E-state index in [4.69, 9.17) is 0 Å². The minimum absolute atomic E-state index is 0.0441. The number of ketones is 3. The Bertz CT molecular complexity index is 1110. The third-order valence-electron chi connectivity index (χ3n) is 11.7. The summed E-state index contributed by atoms with van der Waals surface area (Å²) in [6.07, 6.45) is -1.84. The fourth-order valence-electron chi connectivity index (χ4n) is 9.13. The molecular formula is C30H44O8. The largest absolute Gasteiger partial charge is 0.481 e. The highest BCUT2D eigenvalue weighted by Crippen LogP contribution is 2.70. The highest BCUT2D eigenvalue weighted by atomic mass is 16.4. The molecule has 2 saturated carbocycles. The van der Waals surface area contributed by atoms with Gasteiger partial charge in [-0.05, 0) is 60.3 Å². The molecule has 0 heterocycles. The Balaban J connectivity index is 1.79. The Morgan fingerprint density at radius 1 is 1.00 bits per heavy atom. The maximum absolute atomic E-state index is 14.1. The van der Waals surface area contributed by atoms with Gasteiger partial charge in [-0.2, -0.15) is 0 Å². The monoisotopic (exact) mass is 532 g/mol. The Morgan fingerprint density at radius 2 is 1.61 bits per heavy atom. The summed E-state index contributed by atoms with van der Waals surface area (Å²) >= 11 is 0. The zero-order valence-electron chi connectivity index (χ0n) is 23.7. The number of carboxylic acid groups (broad SMARTS) is 1. The summed E-state index contributed by atoms with van der Waals surface area (Å²) in [4.78, 5) is 52.0. The average molecular weight is 533 g/mol. The quantitative estimate of drug-likeness (QED) is 0.408. The van der Waals surface area contributed by atoms with Gasteiger partial charge in [0, 0.05) is 30.3 Å². The fraction of sp³-hybridized carbons (Fsp3) is 0.800. The molecule has 8 nitrogen and oxygen atoms in total. The van der Waals surface area contributed by atoms with Crippen LogP contribution in [0.3, 0.4) is 0 Å². The molecule has 0 unspecified atom stereocenters. The Kier molecular flexibility index (Phi) is 6.94. The molecule has 0 radical (unpaired) electrons. The fourth-order valence-corrected chi connectivity index (χ4v) is 9.13. The van der Waals surface area contributed by atoms with Crippen molar-refractivity contribution in [2.24, 2.45) is 45.3 Å². The number of aliphatic hydroxyl groups excluding tert-OH is 3. The summed E-state index contributed by atoms with van der Waals surface area (Å²) in [5, 5.41) is 43.3. The van der Waals surface area contributed by atoms with Crippen molar-refractivity contribution >= 4 is 23.3 Å². The van der Waals surface area contributed by atoms with E-state index in [1.165, 1.54) is 6.92 Å². The number of rotatable bonds is 6. The van der Waals surface area contributed by atoms with Gasteiger partial charge >= 0.3 is 5.97 Å². The van der Waals surface area contributed by atoms with E-state index < -0.39 is 63.6 Å². The highest BCUT2D eigenvalue weighted by molar-refractivity contribution is 6.07. The summed E-state index contributed by atoms with van der Waals surface area (Å²) < 4.78 is 0. The first kappa shape index (κ1) is 29.1. The molecule has 0 saturated heterocycles. The van der Waals surface area contributed by atoms with Crippen molar-refractivity contribution in [2.45, 2.75) is 105 Å². The van der Waals surface area contributed by atoms with Gasteiger partial charge in [0.1, 0.15) is 17.7 Å². The number of aliphatic hydroxyl groups is 3. The van der Waals surface area contributed by atoms with Crippen molar-refractivity contribution in [1.82, 2.24) is 0 Å². The van der Waals surface area contributed by atoms with Crippen LogP contribution in [0.15, 0.2) is 11.1 Å². The van der Waals surface area contributed by atoms with Gasteiger partial charge in [0.25, 0.3) is 0 Å². The number of carbonyl (C=O) groups is 4. The van der Waals surface area contributed by atoms with E-state index in [9.17, 15) is 39.6 Å². The van der Waals surface area contributed by atoms with Gasteiger partial charge in [-0.1, -0.05) is 41.5 Å².